The first-order chi connectivity index (χ1) is 30.7. The Bertz CT molecular complexity index is 2280. The van der Waals surface area contributed by atoms with E-state index in [9.17, 15) is 54.3 Å². The molecular weight excluding hydrogens is 889 g/mol. The maximum absolute atomic E-state index is 15.1. The number of amides is 1. The molecule has 3 fully saturated rings. The Hall–Kier alpha value is -4.73. The molecule has 4 aliphatic rings. The van der Waals surface area contributed by atoms with Crippen molar-refractivity contribution in [2.75, 3.05) is 6.61 Å². The molecule has 0 radical (unpaired) electrons. The number of rotatable bonds is 12. The molecule has 20 heteroatoms. The molecule has 358 valence electrons. The van der Waals surface area contributed by atoms with Crippen molar-refractivity contribution in [3.63, 3.8) is 0 Å². The van der Waals surface area contributed by atoms with Crippen LogP contribution in [0.15, 0.2) is 71.8 Å². The molecule has 5 N–H and O–H groups in total. The summed E-state index contributed by atoms with van der Waals surface area (Å²) in [7, 11) is 0. The number of esters is 4. The van der Waals surface area contributed by atoms with E-state index >= 15 is 4.79 Å². The first-order valence-electron chi connectivity index (χ1n) is 21.4. The Morgan fingerprint density at radius 1 is 0.955 bits per heavy atom. The van der Waals surface area contributed by atoms with Gasteiger partial charge in [0.15, 0.2) is 11.4 Å². The predicted octanol–water partition coefficient (Wildman–Crippen LogP) is -1.68. The largest absolute Gasteiger partial charge is 1.00 e. The van der Waals surface area contributed by atoms with Gasteiger partial charge in [0.05, 0.1) is 42.0 Å². The molecule has 12 atom stereocenters. The number of carbonyl (C=O) groups is 7. The van der Waals surface area contributed by atoms with Gasteiger partial charge in [0, 0.05) is 25.2 Å². The Kier molecular flexibility index (Phi) is 15.7. The van der Waals surface area contributed by atoms with E-state index in [0.29, 0.717) is 0 Å². The van der Waals surface area contributed by atoms with E-state index in [1.165, 1.54) is 64.1 Å². The molecular formula is C47H56NNaO18. The van der Waals surface area contributed by atoms with Crippen LogP contribution < -0.4 is 40.0 Å². The number of benzene rings is 2. The molecule has 3 aliphatic carbocycles. The fraction of sp³-hybridized carbons (Fsp3) is 0.553. The fourth-order valence-corrected chi connectivity index (χ4v) is 10.1. The Labute approximate surface area is 408 Å². The summed E-state index contributed by atoms with van der Waals surface area (Å²) in [6, 6.07) is 13.6. The van der Waals surface area contributed by atoms with Gasteiger partial charge in [0.2, 0.25) is 6.10 Å². The number of aliphatic hydroxyl groups is 4. The number of hydrogen-bond acceptors (Lipinski definition) is 18. The first kappa shape index (κ1) is 53.2. The Morgan fingerprint density at radius 2 is 1.55 bits per heavy atom. The van der Waals surface area contributed by atoms with Gasteiger partial charge >= 0.3 is 59.5 Å². The number of ketones is 1. The maximum Gasteiger partial charge on any atom is 1.00 e. The van der Waals surface area contributed by atoms with Crippen molar-refractivity contribution < 1.29 is 117 Å². The number of hydrogen-bond donors (Lipinski definition) is 5. The number of carboxylic acids is 1. The van der Waals surface area contributed by atoms with Crippen LogP contribution in [0.3, 0.4) is 0 Å². The number of ether oxygens (including phenoxy) is 6. The van der Waals surface area contributed by atoms with Crippen molar-refractivity contribution in [2.45, 2.75) is 140 Å². The number of fused-ring (bicyclic) bond motifs is 5. The van der Waals surface area contributed by atoms with E-state index in [1.54, 1.807) is 45.0 Å². The van der Waals surface area contributed by atoms with E-state index in [4.69, 9.17) is 28.4 Å². The Morgan fingerprint density at radius 3 is 2.09 bits per heavy atom. The molecule has 2 aromatic carbocycles. The van der Waals surface area contributed by atoms with Crippen LogP contribution in [0.2, 0.25) is 0 Å². The van der Waals surface area contributed by atoms with E-state index in [0.717, 1.165) is 6.92 Å². The molecule has 67 heavy (non-hydrogen) atoms. The second-order valence-electron chi connectivity index (χ2n) is 19.1. The van der Waals surface area contributed by atoms with Crippen molar-refractivity contribution >= 4 is 41.7 Å². The predicted molar refractivity (Wildman–Crippen MR) is 223 cm³/mol. The van der Waals surface area contributed by atoms with Crippen LogP contribution in [0.1, 0.15) is 96.6 Å². The van der Waals surface area contributed by atoms with E-state index in [1.807, 2.05) is 0 Å². The van der Waals surface area contributed by atoms with Crippen molar-refractivity contribution in [3.05, 3.63) is 82.9 Å². The number of alkyl carbamates (subject to hydrolysis) is 1. The molecule has 1 saturated heterocycles. The number of nitrogens with one attached hydrogen (secondary N) is 1. The van der Waals surface area contributed by atoms with Gasteiger partial charge in [-0.1, -0.05) is 62.4 Å². The third kappa shape index (κ3) is 9.92. The zero-order chi connectivity index (χ0) is 48.9. The van der Waals surface area contributed by atoms with Gasteiger partial charge in [0.1, 0.15) is 47.8 Å². The number of aliphatic carboxylic acids is 1. The van der Waals surface area contributed by atoms with Crippen LogP contribution in [0, 0.1) is 16.7 Å². The van der Waals surface area contributed by atoms with Crippen molar-refractivity contribution in [2.24, 2.45) is 16.7 Å². The van der Waals surface area contributed by atoms with Gasteiger partial charge < -0.3 is 64.1 Å². The fourth-order valence-electron chi connectivity index (χ4n) is 10.1. The van der Waals surface area contributed by atoms with Crippen LogP contribution >= 0.6 is 0 Å². The molecule has 0 aromatic heterocycles. The summed E-state index contributed by atoms with van der Waals surface area (Å²) in [6.07, 6.45) is -16.2. The quantitative estimate of drug-likeness (QED) is 0.0687. The third-order valence-corrected chi connectivity index (χ3v) is 13.4. The average molecular weight is 946 g/mol. The normalized spacial score (nSPS) is 30.9. The average Bonchev–Trinajstić information content (AvgIpc) is 3.23. The van der Waals surface area contributed by atoms with Crippen molar-refractivity contribution in [3.8, 4) is 0 Å². The maximum atomic E-state index is 15.1. The van der Waals surface area contributed by atoms with E-state index in [2.05, 4.69) is 5.32 Å². The summed E-state index contributed by atoms with van der Waals surface area (Å²) in [5.41, 5.74) is -9.28. The van der Waals surface area contributed by atoms with Gasteiger partial charge in [-0.25, -0.2) is 14.4 Å². The van der Waals surface area contributed by atoms with Crippen LogP contribution in [0.25, 0.3) is 0 Å². The summed E-state index contributed by atoms with van der Waals surface area (Å²) >= 11 is 0. The van der Waals surface area contributed by atoms with Gasteiger partial charge in [-0.3, -0.25) is 14.4 Å². The van der Waals surface area contributed by atoms with Gasteiger partial charge in [-0.15, -0.1) is 0 Å². The molecule has 1 heterocycles. The zero-order valence-corrected chi connectivity index (χ0v) is 40.8. The molecule has 0 spiro atoms. The monoisotopic (exact) mass is 945 g/mol. The summed E-state index contributed by atoms with van der Waals surface area (Å²) in [6.45, 7) is 11.1. The van der Waals surface area contributed by atoms with Crippen molar-refractivity contribution in [1.82, 2.24) is 5.32 Å². The van der Waals surface area contributed by atoms with E-state index in [-0.39, 0.29) is 64.9 Å². The minimum atomic E-state index is -2.51. The summed E-state index contributed by atoms with van der Waals surface area (Å²) < 4.78 is 35.2. The molecule has 2 bridgehead atoms. The van der Waals surface area contributed by atoms with Crippen molar-refractivity contribution in [1.29, 1.82) is 0 Å². The third-order valence-electron chi connectivity index (χ3n) is 13.4. The number of carboxylic acid groups (broad SMARTS) is 1. The molecule has 1 amide bonds. The van der Waals surface area contributed by atoms with E-state index < -0.39 is 137 Å². The minimum absolute atomic E-state index is 0. The molecule has 2 aromatic rings. The van der Waals surface area contributed by atoms with Gasteiger partial charge in [-0.2, -0.15) is 0 Å². The number of carbonyl (C=O) groups excluding carboxylic acids is 7. The molecule has 1 aliphatic heterocycles. The van der Waals surface area contributed by atoms with Crippen LogP contribution in [0.5, 0.6) is 0 Å². The zero-order valence-electron chi connectivity index (χ0n) is 38.8. The topological polar surface area (TPSA) is 291 Å². The number of aliphatic hydroxyl groups excluding tert-OH is 3. The van der Waals surface area contributed by atoms with Crippen LogP contribution in [-0.2, 0) is 52.4 Å². The minimum Gasteiger partial charge on any atom is -0.547 e. The first-order valence-corrected chi connectivity index (χ1v) is 21.4. The van der Waals surface area contributed by atoms with Crippen LogP contribution in [0.4, 0.5) is 4.79 Å². The molecule has 6 rings (SSSR count). The molecule has 19 nitrogen and oxygen atoms in total. The second kappa shape index (κ2) is 19.7. The Balaban J connectivity index is 0.00000840. The molecule has 1 unspecified atom stereocenters. The number of Topliss-reactive ketones (excluding diaryl/α,β-unsaturated/α-hetero) is 1. The summed E-state index contributed by atoms with van der Waals surface area (Å²) in [4.78, 5) is 95.2. The SMILES string of the molecule is CC(=O)O[C@@]12CO[C@@H]1C[C@H](O)[C@@]1(C)C(=O)[C@H](O)C3=C(C)[C@@H](OC(=O)[C@H](OC(=O)CC(O)C(=O)[O-])[C@@H](NC(=O)OC(C)(C)C)c4ccccc4)C[C@@](O)([C@@H](OC(=O)c4ccccc4)[C@H]21)C3(C)C.[Na+]. The standard InChI is InChI=1S/C47H57NO18.Na/c1-23-28(62-41(58)35(63-31(52)19-27(50)39(55)56)33(25-15-11-9-12-16-25)48-42(59)66-43(3,4)5)21-47(60)38(64-40(57)26-17-13-10-14-18-26)36-45(8,37(54)34(53)32(23)44(47,6)7)29(51)20-30-46(36,22-61-30)65-24(2)49;/h9-18,27-30,33-36,38,50-51,53,60H,19-22H2,1-8H3,(H,48,59)(H,55,56);/q;+1/p-1/t27?,28-,29-,30+,33-,34+,35+,36-,38-,45+,46-,47+;/m0./s1. The van der Waals surface area contributed by atoms with Crippen LogP contribution in [-0.4, -0.2) is 128 Å². The smallest absolute Gasteiger partial charge is 0.547 e. The second-order valence-corrected chi connectivity index (χ2v) is 19.1. The summed E-state index contributed by atoms with van der Waals surface area (Å²) in [5.74, 6) is -9.34. The molecule has 2 saturated carbocycles. The summed E-state index contributed by atoms with van der Waals surface area (Å²) in [5, 5.41) is 61.8. The van der Waals surface area contributed by atoms with Gasteiger partial charge in [-0.05, 0) is 63.5 Å². The van der Waals surface area contributed by atoms with Gasteiger partial charge in [0.25, 0.3) is 0 Å².